The summed E-state index contributed by atoms with van der Waals surface area (Å²) in [7, 11) is 0. The van der Waals surface area contributed by atoms with E-state index in [9.17, 15) is 0 Å². The quantitative estimate of drug-likeness (QED) is 0.725. The summed E-state index contributed by atoms with van der Waals surface area (Å²) in [5.74, 6) is 1.65. The molecule has 0 bridgehead atoms. The first-order chi connectivity index (χ1) is 7.66. The molecule has 88 valence electrons. The first-order valence-electron chi connectivity index (χ1n) is 6.05. The number of alkyl halides is 1. The summed E-state index contributed by atoms with van der Waals surface area (Å²) in [5, 5.41) is 0.262. The van der Waals surface area contributed by atoms with E-state index in [-0.39, 0.29) is 5.38 Å². The molecule has 0 radical (unpaired) electrons. The van der Waals surface area contributed by atoms with Gasteiger partial charge in [-0.05, 0) is 42.9 Å². The van der Waals surface area contributed by atoms with Crippen LogP contribution in [0.15, 0.2) is 18.2 Å². The Labute approximate surface area is 103 Å². The lowest BCUT2D eigenvalue weighted by Crippen LogP contribution is -2.08. The van der Waals surface area contributed by atoms with Crippen LogP contribution in [0.1, 0.15) is 31.4 Å². The summed E-state index contributed by atoms with van der Waals surface area (Å²) >= 11 is 6.07. The molecular formula is C14H19ClO. The molecule has 0 fully saturated rings. The smallest absolute Gasteiger partial charge is 0.122 e. The summed E-state index contributed by atoms with van der Waals surface area (Å²) in [6.45, 7) is 5.13. The Hall–Kier alpha value is -0.690. The van der Waals surface area contributed by atoms with Gasteiger partial charge in [0.1, 0.15) is 5.75 Å². The van der Waals surface area contributed by atoms with Crippen molar-refractivity contribution in [3.05, 3.63) is 29.3 Å². The van der Waals surface area contributed by atoms with Gasteiger partial charge in [-0.15, -0.1) is 11.6 Å². The summed E-state index contributed by atoms with van der Waals surface area (Å²) < 4.78 is 5.50. The number of ether oxygens (including phenoxy) is 1. The minimum atomic E-state index is 0.262. The van der Waals surface area contributed by atoms with Gasteiger partial charge in [0.25, 0.3) is 0 Å². The lowest BCUT2D eigenvalue weighted by molar-refractivity contribution is 0.357. The fraction of sp³-hybridized carbons (Fsp3) is 0.571. The van der Waals surface area contributed by atoms with Crippen LogP contribution in [-0.2, 0) is 12.8 Å². The molecular weight excluding hydrogens is 220 g/mol. The molecule has 0 aromatic heterocycles. The summed E-state index contributed by atoms with van der Waals surface area (Å²) in [4.78, 5) is 0. The van der Waals surface area contributed by atoms with E-state index >= 15 is 0 Å². The molecule has 2 atom stereocenters. The van der Waals surface area contributed by atoms with E-state index in [1.807, 2.05) is 0 Å². The van der Waals surface area contributed by atoms with Crippen LogP contribution < -0.4 is 4.74 Å². The number of hydrogen-bond donors (Lipinski definition) is 0. The second kappa shape index (κ2) is 5.09. The predicted octanol–water partition coefficient (Wildman–Crippen LogP) is 3.82. The molecule has 0 aliphatic carbocycles. The number of fused-ring (bicyclic) bond motifs is 1. The number of halogens is 1. The average molecular weight is 239 g/mol. The van der Waals surface area contributed by atoms with Gasteiger partial charge in [0, 0.05) is 11.8 Å². The highest BCUT2D eigenvalue weighted by Gasteiger charge is 2.13. The zero-order valence-electron chi connectivity index (χ0n) is 10.0. The largest absolute Gasteiger partial charge is 0.493 e. The Balaban J connectivity index is 1.95. The molecule has 0 spiro atoms. The Morgan fingerprint density at radius 3 is 2.94 bits per heavy atom. The molecule has 0 saturated heterocycles. The maximum atomic E-state index is 6.07. The van der Waals surface area contributed by atoms with Crippen molar-refractivity contribution in [1.29, 1.82) is 0 Å². The topological polar surface area (TPSA) is 9.23 Å². The maximum Gasteiger partial charge on any atom is 0.122 e. The van der Waals surface area contributed by atoms with Crippen molar-refractivity contribution in [2.45, 2.75) is 38.5 Å². The average Bonchev–Trinajstić information content (AvgIpc) is 2.72. The van der Waals surface area contributed by atoms with Crippen molar-refractivity contribution in [2.75, 3.05) is 6.61 Å². The van der Waals surface area contributed by atoms with Crippen molar-refractivity contribution in [2.24, 2.45) is 5.92 Å². The molecule has 1 aliphatic heterocycles. The van der Waals surface area contributed by atoms with Gasteiger partial charge in [-0.2, -0.15) is 0 Å². The van der Waals surface area contributed by atoms with Gasteiger partial charge in [-0.1, -0.05) is 19.1 Å². The van der Waals surface area contributed by atoms with Crippen LogP contribution in [0.2, 0.25) is 0 Å². The molecule has 16 heavy (non-hydrogen) atoms. The van der Waals surface area contributed by atoms with Crippen LogP contribution in [0, 0.1) is 5.92 Å². The summed E-state index contributed by atoms with van der Waals surface area (Å²) in [5.41, 5.74) is 2.78. The number of hydrogen-bond acceptors (Lipinski definition) is 1. The van der Waals surface area contributed by atoms with E-state index in [2.05, 4.69) is 32.0 Å². The third-order valence-electron chi connectivity index (χ3n) is 3.43. The van der Waals surface area contributed by atoms with Gasteiger partial charge in [0.15, 0.2) is 0 Å². The number of benzene rings is 1. The molecule has 1 heterocycles. The standard InChI is InChI=1S/C14H19ClO/c1-10(11(2)15)3-4-12-5-6-14-13(9-12)7-8-16-14/h5-6,9-11H,3-4,7-8H2,1-2H3. The molecule has 2 rings (SSSR count). The highest BCUT2D eigenvalue weighted by molar-refractivity contribution is 6.20. The molecule has 0 saturated carbocycles. The molecule has 1 aromatic rings. The predicted molar refractivity (Wildman–Crippen MR) is 68.4 cm³/mol. The molecule has 1 nitrogen and oxygen atoms in total. The van der Waals surface area contributed by atoms with Crippen LogP contribution in [0.5, 0.6) is 5.75 Å². The molecule has 2 heteroatoms. The van der Waals surface area contributed by atoms with Crippen LogP contribution in [0.4, 0.5) is 0 Å². The van der Waals surface area contributed by atoms with Crippen molar-refractivity contribution >= 4 is 11.6 Å². The second-order valence-corrected chi connectivity index (χ2v) is 5.42. The zero-order chi connectivity index (χ0) is 11.5. The number of aryl methyl sites for hydroxylation is 1. The fourth-order valence-corrected chi connectivity index (χ4v) is 2.15. The van der Waals surface area contributed by atoms with Crippen LogP contribution in [-0.4, -0.2) is 12.0 Å². The molecule has 0 amide bonds. The Morgan fingerprint density at radius 1 is 1.38 bits per heavy atom. The normalized spacial score (nSPS) is 17.7. The van der Waals surface area contributed by atoms with E-state index in [0.29, 0.717) is 5.92 Å². The van der Waals surface area contributed by atoms with E-state index < -0.39 is 0 Å². The van der Waals surface area contributed by atoms with E-state index in [1.54, 1.807) is 0 Å². The SMILES string of the molecule is CC(Cl)C(C)CCc1ccc2c(c1)CCO2. The minimum absolute atomic E-state index is 0.262. The van der Waals surface area contributed by atoms with Crippen molar-refractivity contribution < 1.29 is 4.74 Å². The first kappa shape index (κ1) is 11.8. The van der Waals surface area contributed by atoms with Crippen molar-refractivity contribution in [3.8, 4) is 5.75 Å². The molecule has 0 N–H and O–H groups in total. The van der Waals surface area contributed by atoms with Crippen LogP contribution in [0.25, 0.3) is 0 Å². The van der Waals surface area contributed by atoms with Gasteiger partial charge in [-0.25, -0.2) is 0 Å². The van der Waals surface area contributed by atoms with Gasteiger partial charge in [0.2, 0.25) is 0 Å². The fourth-order valence-electron chi connectivity index (χ4n) is 2.02. The van der Waals surface area contributed by atoms with Gasteiger partial charge in [-0.3, -0.25) is 0 Å². The highest BCUT2D eigenvalue weighted by atomic mass is 35.5. The van der Waals surface area contributed by atoms with E-state index in [1.165, 1.54) is 11.1 Å². The molecule has 2 unspecified atom stereocenters. The van der Waals surface area contributed by atoms with Gasteiger partial charge in [0.05, 0.1) is 6.61 Å². The molecule has 1 aromatic carbocycles. The van der Waals surface area contributed by atoms with Crippen LogP contribution >= 0.6 is 11.6 Å². The van der Waals surface area contributed by atoms with E-state index in [4.69, 9.17) is 16.3 Å². The highest BCUT2D eigenvalue weighted by Crippen LogP contribution is 2.27. The third-order valence-corrected chi connectivity index (χ3v) is 3.86. The Morgan fingerprint density at radius 2 is 2.19 bits per heavy atom. The number of rotatable bonds is 4. The van der Waals surface area contributed by atoms with Crippen molar-refractivity contribution in [1.82, 2.24) is 0 Å². The first-order valence-corrected chi connectivity index (χ1v) is 6.49. The van der Waals surface area contributed by atoms with Gasteiger partial charge >= 0.3 is 0 Å². The summed E-state index contributed by atoms with van der Waals surface area (Å²) in [6.07, 6.45) is 3.33. The maximum absolute atomic E-state index is 6.07. The lowest BCUT2D eigenvalue weighted by atomic mass is 9.97. The lowest BCUT2D eigenvalue weighted by Gasteiger charge is -2.13. The second-order valence-electron chi connectivity index (χ2n) is 4.73. The summed E-state index contributed by atoms with van der Waals surface area (Å²) in [6, 6.07) is 6.57. The van der Waals surface area contributed by atoms with Crippen LogP contribution in [0.3, 0.4) is 0 Å². The van der Waals surface area contributed by atoms with E-state index in [0.717, 1.165) is 31.6 Å². The molecule has 1 aliphatic rings. The Bertz CT molecular complexity index is 360. The Kier molecular flexibility index (Phi) is 3.75. The third kappa shape index (κ3) is 2.70. The zero-order valence-corrected chi connectivity index (χ0v) is 10.8. The van der Waals surface area contributed by atoms with Crippen molar-refractivity contribution in [3.63, 3.8) is 0 Å². The van der Waals surface area contributed by atoms with Gasteiger partial charge < -0.3 is 4.74 Å². The monoisotopic (exact) mass is 238 g/mol. The minimum Gasteiger partial charge on any atom is -0.493 e.